The molecule has 2 aromatic carbocycles. The van der Waals surface area contributed by atoms with Crippen LogP contribution in [0.25, 0.3) is 11.0 Å². The maximum Gasteiger partial charge on any atom is 0.407 e. The van der Waals surface area contributed by atoms with Crippen molar-refractivity contribution in [3.63, 3.8) is 0 Å². The molecule has 0 aliphatic heterocycles. The Morgan fingerprint density at radius 2 is 1.90 bits per heavy atom. The maximum absolute atomic E-state index is 13.2. The van der Waals surface area contributed by atoms with Gasteiger partial charge in [-0.1, -0.05) is 42.5 Å². The number of anilines is 1. The summed E-state index contributed by atoms with van der Waals surface area (Å²) in [7, 11) is 1.17. The molecule has 12 heteroatoms. The van der Waals surface area contributed by atoms with Crippen LogP contribution in [0.15, 0.2) is 83.8 Å². The average molecular weight is 559 g/mol. The number of carbonyl (C=O) groups is 3. The predicted octanol–water partition coefficient (Wildman–Crippen LogP) is 2.84. The van der Waals surface area contributed by atoms with Crippen LogP contribution in [0.1, 0.15) is 24.2 Å². The highest BCUT2D eigenvalue weighted by Crippen LogP contribution is 2.24. The molecule has 5 N–H and O–H groups in total. The number of nitrogens with two attached hydrogens (primary N) is 1. The number of carbonyl (C=O) groups excluding carboxylic acids is 3. The van der Waals surface area contributed by atoms with E-state index in [1.165, 1.54) is 29.9 Å². The third kappa shape index (κ3) is 7.82. The highest BCUT2D eigenvalue weighted by Gasteiger charge is 2.22. The van der Waals surface area contributed by atoms with Crippen molar-refractivity contribution in [3.8, 4) is 5.75 Å². The summed E-state index contributed by atoms with van der Waals surface area (Å²) in [6, 6.07) is 17.4. The number of hydrogen-bond donors (Lipinski definition) is 4. The number of pyridine rings is 1. The summed E-state index contributed by atoms with van der Waals surface area (Å²) < 4.78 is 12.0. The lowest BCUT2D eigenvalue weighted by Gasteiger charge is -2.17. The molecular formula is C29H30N6O6. The number of methoxy groups -OCH3 is 1. The number of primary amides is 1. The number of hydrogen-bond acceptors (Lipinski definition) is 7. The monoisotopic (exact) mass is 558 g/mol. The van der Waals surface area contributed by atoms with Gasteiger partial charge in [0.25, 0.3) is 5.56 Å². The van der Waals surface area contributed by atoms with E-state index in [-0.39, 0.29) is 25.1 Å². The number of ether oxygens (including phenoxy) is 2. The molecule has 1 unspecified atom stereocenters. The van der Waals surface area contributed by atoms with Gasteiger partial charge in [0, 0.05) is 6.20 Å². The van der Waals surface area contributed by atoms with Gasteiger partial charge < -0.3 is 35.4 Å². The van der Waals surface area contributed by atoms with Crippen LogP contribution in [-0.2, 0) is 27.5 Å². The van der Waals surface area contributed by atoms with Gasteiger partial charge in [-0.2, -0.15) is 0 Å². The van der Waals surface area contributed by atoms with Gasteiger partial charge in [0.05, 0.1) is 19.2 Å². The van der Waals surface area contributed by atoms with Gasteiger partial charge in [0.15, 0.2) is 0 Å². The molecule has 0 aliphatic rings. The minimum absolute atomic E-state index is 0.0184. The van der Waals surface area contributed by atoms with E-state index in [9.17, 15) is 19.2 Å². The molecule has 12 nitrogen and oxygen atoms in total. The highest BCUT2D eigenvalue weighted by molar-refractivity contribution is 5.96. The number of benzene rings is 2. The summed E-state index contributed by atoms with van der Waals surface area (Å²) in [5, 5.41) is 5.01. The molecule has 0 radical (unpaired) electrons. The number of nitrogens with one attached hydrogen (secondary N) is 3. The van der Waals surface area contributed by atoms with Gasteiger partial charge in [-0.05, 0) is 48.7 Å². The fourth-order valence-corrected chi connectivity index (χ4v) is 4.05. The lowest BCUT2D eigenvalue weighted by Crippen LogP contribution is -2.44. The number of H-pyrrole nitrogens is 1. The average Bonchev–Trinajstić information content (AvgIpc) is 3.39. The van der Waals surface area contributed by atoms with Crippen LogP contribution >= 0.6 is 0 Å². The molecule has 4 rings (SSSR count). The maximum atomic E-state index is 13.2. The molecule has 0 saturated heterocycles. The van der Waals surface area contributed by atoms with Gasteiger partial charge in [-0.15, -0.1) is 0 Å². The number of allylic oxidation sites excluding steroid dienone is 1. The first-order valence-corrected chi connectivity index (χ1v) is 12.8. The summed E-state index contributed by atoms with van der Waals surface area (Å²) in [5.41, 5.74) is 7.05. The molecule has 0 fully saturated rings. The van der Waals surface area contributed by atoms with E-state index < -0.39 is 29.5 Å². The van der Waals surface area contributed by atoms with Gasteiger partial charge in [-0.3, -0.25) is 14.4 Å². The third-order valence-corrected chi connectivity index (χ3v) is 6.06. The van der Waals surface area contributed by atoms with E-state index >= 15 is 0 Å². The molecule has 1 atom stereocenters. The lowest BCUT2D eigenvalue weighted by molar-refractivity contribution is -0.118. The van der Waals surface area contributed by atoms with E-state index in [1.807, 2.05) is 48.5 Å². The van der Waals surface area contributed by atoms with Gasteiger partial charge >= 0.3 is 6.09 Å². The van der Waals surface area contributed by atoms with Crippen molar-refractivity contribution in [1.82, 2.24) is 19.9 Å². The number of alkyl carbamates (subject to hydrolysis) is 1. The molecule has 2 heterocycles. The minimum atomic E-state index is -1.03. The van der Waals surface area contributed by atoms with E-state index in [1.54, 1.807) is 12.3 Å². The number of rotatable bonds is 12. The van der Waals surface area contributed by atoms with Crippen LogP contribution in [0.4, 0.5) is 10.5 Å². The second kappa shape index (κ2) is 13.6. The van der Waals surface area contributed by atoms with E-state index in [4.69, 9.17) is 10.5 Å². The zero-order chi connectivity index (χ0) is 29.2. The number of para-hydroxylation sites is 1. The smallest absolute Gasteiger partial charge is 0.407 e. The molecule has 0 aliphatic carbocycles. The summed E-state index contributed by atoms with van der Waals surface area (Å²) >= 11 is 0. The van der Waals surface area contributed by atoms with Crippen LogP contribution in [0.5, 0.6) is 5.75 Å². The van der Waals surface area contributed by atoms with Crippen LogP contribution in [0.2, 0.25) is 0 Å². The quantitative estimate of drug-likeness (QED) is 0.194. The first-order valence-electron chi connectivity index (χ1n) is 12.8. The molecule has 0 saturated carbocycles. The van der Waals surface area contributed by atoms with Crippen molar-refractivity contribution in [3.05, 3.63) is 101 Å². The van der Waals surface area contributed by atoms with Crippen LogP contribution in [-0.4, -0.2) is 45.6 Å². The molecule has 0 spiro atoms. The number of aromatic nitrogens is 3. The second-order valence-electron chi connectivity index (χ2n) is 9.02. The topological polar surface area (TPSA) is 170 Å². The lowest BCUT2D eigenvalue weighted by atomic mass is 10.1. The van der Waals surface area contributed by atoms with Crippen LogP contribution in [0.3, 0.4) is 0 Å². The standard InChI is InChI=1S/C29H30N6O6/c1-40-29(39)33-21(11-5-6-15-24(30)36)27(37)32-22-13-8-16-35(28(22)38)17-25-31-20-12-7-14-23(26(20)34-25)41-18-19-9-3-2-4-10-19/h2-4,6-10,12-16,21H,5,11,17-18H2,1H3,(H2,30,36)(H,31,34)(H,32,37)(H,33,39). The van der Waals surface area contributed by atoms with Gasteiger partial charge in [0.1, 0.15) is 35.4 Å². The van der Waals surface area contributed by atoms with Crippen molar-refractivity contribution in [2.24, 2.45) is 5.73 Å². The Balaban J connectivity index is 1.48. The van der Waals surface area contributed by atoms with Crippen molar-refractivity contribution >= 4 is 34.6 Å². The van der Waals surface area contributed by atoms with Gasteiger partial charge in [0.2, 0.25) is 11.8 Å². The molecule has 212 valence electrons. The number of nitrogens with zero attached hydrogens (tertiary/aromatic N) is 2. The Bertz CT molecular complexity index is 1610. The van der Waals surface area contributed by atoms with Crippen molar-refractivity contribution in [1.29, 1.82) is 0 Å². The molecule has 2 aromatic heterocycles. The summed E-state index contributed by atoms with van der Waals surface area (Å²) in [6.07, 6.45) is 3.83. The van der Waals surface area contributed by atoms with Crippen LogP contribution < -0.4 is 26.7 Å². The minimum Gasteiger partial charge on any atom is -0.487 e. The molecule has 41 heavy (non-hydrogen) atoms. The summed E-state index contributed by atoms with van der Waals surface area (Å²) in [4.78, 5) is 56.7. The first-order chi connectivity index (χ1) is 19.8. The zero-order valence-electron chi connectivity index (χ0n) is 22.3. The number of imidazole rings is 1. The Labute approximate surface area is 235 Å². The van der Waals surface area contributed by atoms with Crippen molar-refractivity contribution < 1.29 is 23.9 Å². The Morgan fingerprint density at radius 1 is 1.10 bits per heavy atom. The van der Waals surface area contributed by atoms with Gasteiger partial charge in [-0.25, -0.2) is 9.78 Å². The largest absolute Gasteiger partial charge is 0.487 e. The van der Waals surface area contributed by atoms with Crippen molar-refractivity contribution in [2.45, 2.75) is 32.0 Å². The number of amides is 3. The number of aromatic amines is 1. The Hall–Kier alpha value is -5.39. The van der Waals surface area contributed by atoms with Crippen molar-refractivity contribution in [2.75, 3.05) is 12.4 Å². The number of fused-ring (bicyclic) bond motifs is 1. The fraction of sp³-hybridized carbons (Fsp3) is 0.207. The van der Waals surface area contributed by atoms with E-state index in [0.717, 1.165) is 11.1 Å². The predicted molar refractivity (Wildman–Crippen MR) is 152 cm³/mol. The normalized spacial score (nSPS) is 11.7. The summed E-state index contributed by atoms with van der Waals surface area (Å²) in [6.45, 7) is 0.494. The highest BCUT2D eigenvalue weighted by atomic mass is 16.5. The summed E-state index contributed by atoms with van der Waals surface area (Å²) in [5.74, 6) is -0.122. The molecule has 4 aromatic rings. The Morgan fingerprint density at radius 3 is 2.66 bits per heavy atom. The second-order valence-corrected chi connectivity index (χ2v) is 9.02. The van der Waals surface area contributed by atoms with E-state index in [2.05, 4.69) is 25.3 Å². The first kappa shape index (κ1) is 28.6. The van der Waals surface area contributed by atoms with Crippen LogP contribution in [0, 0.1) is 0 Å². The molecule has 0 bridgehead atoms. The SMILES string of the molecule is COC(=O)NC(CCC=CC(N)=O)C(=O)Nc1cccn(Cc2nc3c(OCc4ccccc4)cccc3[nH]2)c1=O. The van der Waals surface area contributed by atoms with E-state index in [0.29, 0.717) is 23.7 Å². The Kier molecular flexibility index (Phi) is 9.49. The molecular weight excluding hydrogens is 528 g/mol. The molecule has 3 amide bonds. The zero-order valence-corrected chi connectivity index (χ0v) is 22.3. The fourth-order valence-electron chi connectivity index (χ4n) is 4.05. The third-order valence-electron chi connectivity index (χ3n) is 6.06.